The molecule has 0 bridgehead atoms. The normalized spacial score (nSPS) is 15.4. The van der Waals surface area contributed by atoms with Crippen molar-refractivity contribution in [2.45, 2.75) is 78.1 Å². The lowest BCUT2D eigenvalue weighted by atomic mass is 9.85. The van der Waals surface area contributed by atoms with Gasteiger partial charge in [-0.2, -0.15) is 0 Å². The van der Waals surface area contributed by atoms with E-state index >= 15 is 0 Å². The predicted molar refractivity (Wildman–Crippen MR) is 150 cm³/mol. The third-order valence-electron chi connectivity index (χ3n) is 6.33. The average molecular weight is 561 g/mol. The number of fused-ring (bicyclic) bond motifs is 1. The lowest BCUT2D eigenvalue weighted by molar-refractivity contribution is -0.134. The van der Waals surface area contributed by atoms with Gasteiger partial charge in [-0.3, -0.25) is 33.7 Å². The molecule has 1 aromatic rings. The first kappa shape index (κ1) is 32.0. The number of hydrogen-bond acceptors (Lipinski definition) is 7. The summed E-state index contributed by atoms with van der Waals surface area (Å²) in [7, 11) is 1.49. The van der Waals surface area contributed by atoms with E-state index in [1.165, 1.54) is 14.0 Å². The molecule has 0 aliphatic carbocycles. The maximum absolute atomic E-state index is 13.3. The lowest BCUT2D eigenvalue weighted by Gasteiger charge is -2.32. The van der Waals surface area contributed by atoms with Crippen molar-refractivity contribution in [3.63, 3.8) is 0 Å². The predicted octanol–water partition coefficient (Wildman–Crippen LogP) is 2.52. The second-order valence-electron chi connectivity index (χ2n) is 11.2. The first-order chi connectivity index (χ1) is 18.2. The minimum atomic E-state index is -0.918. The molecule has 214 valence electrons. The molecule has 3 N–H and O–H groups in total. The Bertz CT molecular complexity index is 1080. The third-order valence-corrected chi connectivity index (χ3v) is 7.39. The zero-order chi connectivity index (χ0) is 29.5. The minimum Gasteiger partial charge on any atom is -0.357 e. The van der Waals surface area contributed by atoms with Crippen LogP contribution >= 0.6 is 11.8 Å². The van der Waals surface area contributed by atoms with Crippen LogP contribution in [0.3, 0.4) is 0 Å². The van der Waals surface area contributed by atoms with Gasteiger partial charge in [0.25, 0.3) is 11.8 Å². The molecule has 0 unspecified atom stereocenters. The molecule has 39 heavy (non-hydrogen) atoms. The van der Waals surface area contributed by atoms with Gasteiger partial charge in [0.1, 0.15) is 12.1 Å². The second-order valence-corrected chi connectivity index (χ2v) is 12.5. The summed E-state index contributed by atoms with van der Waals surface area (Å²) in [6.07, 6.45) is 0.838. The van der Waals surface area contributed by atoms with E-state index in [1.807, 2.05) is 34.6 Å². The van der Waals surface area contributed by atoms with E-state index in [9.17, 15) is 28.8 Å². The molecule has 0 aromatic heterocycles. The minimum absolute atomic E-state index is 0.0573. The fraction of sp³-hybridized carbons (Fsp3) is 0.571. The number of benzene rings is 1. The molecule has 0 saturated heterocycles. The van der Waals surface area contributed by atoms with Crippen molar-refractivity contribution in [2.75, 3.05) is 13.6 Å². The molecule has 3 atom stereocenters. The van der Waals surface area contributed by atoms with Crippen molar-refractivity contribution in [1.82, 2.24) is 20.9 Å². The monoisotopic (exact) mass is 560 g/mol. The largest absolute Gasteiger partial charge is 0.357 e. The van der Waals surface area contributed by atoms with E-state index in [4.69, 9.17) is 0 Å². The number of likely N-dealkylation sites (N-methyl/N-ethyl adjacent to an activating group) is 1. The molecular formula is C28H40N4O6S. The van der Waals surface area contributed by atoms with Crippen molar-refractivity contribution in [1.29, 1.82) is 0 Å². The number of imide groups is 1. The molecule has 0 saturated carbocycles. The number of amides is 5. The van der Waals surface area contributed by atoms with Gasteiger partial charge in [-0.25, -0.2) is 0 Å². The molecule has 1 aliphatic rings. The number of rotatable bonds is 12. The molecule has 1 heterocycles. The first-order valence-corrected chi connectivity index (χ1v) is 14.0. The summed E-state index contributed by atoms with van der Waals surface area (Å²) in [5.74, 6) is -2.03. The van der Waals surface area contributed by atoms with Crippen molar-refractivity contribution in [3.8, 4) is 0 Å². The van der Waals surface area contributed by atoms with Crippen LogP contribution in [0.4, 0.5) is 0 Å². The molecule has 0 spiro atoms. The molecule has 11 heteroatoms. The summed E-state index contributed by atoms with van der Waals surface area (Å²) >= 11 is 0.843. The Hall–Kier alpha value is -3.21. The van der Waals surface area contributed by atoms with Crippen LogP contribution in [0, 0.1) is 11.3 Å². The van der Waals surface area contributed by atoms with Crippen LogP contribution in [0.5, 0.6) is 0 Å². The Morgan fingerprint density at radius 1 is 0.923 bits per heavy atom. The third kappa shape index (κ3) is 8.64. The van der Waals surface area contributed by atoms with Crippen molar-refractivity contribution >= 4 is 46.4 Å². The molecule has 1 aromatic carbocycles. The van der Waals surface area contributed by atoms with E-state index in [0.717, 1.165) is 16.7 Å². The molecule has 0 radical (unpaired) electrons. The van der Waals surface area contributed by atoms with Gasteiger partial charge in [-0.1, -0.05) is 58.5 Å². The van der Waals surface area contributed by atoms with Gasteiger partial charge in [-0.15, -0.1) is 0 Å². The maximum Gasteiger partial charge on any atom is 0.261 e. The number of carbonyl (C=O) groups is 6. The fourth-order valence-corrected chi connectivity index (χ4v) is 5.21. The Kier molecular flexibility index (Phi) is 11.3. The Morgan fingerprint density at radius 3 is 1.95 bits per heavy atom. The van der Waals surface area contributed by atoms with Crippen LogP contribution in [0.2, 0.25) is 0 Å². The summed E-state index contributed by atoms with van der Waals surface area (Å²) in [5, 5.41) is 7.02. The Balaban J connectivity index is 2.11. The number of carbonyl (C=O) groups excluding carboxylic acids is 6. The summed E-state index contributed by atoms with van der Waals surface area (Å²) in [4.78, 5) is 77.3. The fourth-order valence-electron chi connectivity index (χ4n) is 4.35. The highest BCUT2D eigenvalue weighted by Crippen LogP contribution is 2.25. The van der Waals surface area contributed by atoms with E-state index in [1.54, 1.807) is 24.3 Å². The molecule has 0 fully saturated rings. The van der Waals surface area contributed by atoms with Crippen LogP contribution in [0.25, 0.3) is 0 Å². The summed E-state index contributed by atoms with van der Waals surface area (Å²) in [6.45, 7) is 10.8. The van der Waals surface area contributed by atoms with Gasteiger partial charge in [0, 0.05) is 20.5 Å². The quantitative estimate of drug-likeness (QED) is 0.334. The highest BCUT2D eigenvalue weighted by molar-refractivity contribution is 8.14. The van der Waals surface area contributed by atoms with Crippen molar-refractivity contribution in [3.05, 3.63) is 35.4 Å². The number of nitrogens with one attached hydrogen (secondary N) is 3. The SMILES string of the molecule is CNC(=O)[C@@H](NC(=O)[C@H](CC(C)C)NC(=O)[C@H](CCCN1C(=O)c2ccccc2C1=O)SC(C)=O)C(C)(C)C. The van der Waals surface area contributed by atoms with E-state index in [0.29, 0.717) is 24.0 Å². The number of hydrogen-bond donors (Lipinski definition) is 3. The Morgan fingerprint density at radius 2 is 1.49 bits per heavy atom. The smallest absolute Gasteiger partial charge is 0.261 e. The van der Waals surface area contributed by atoms with Gasteiger partial charge < -0.3 is 16.0 Å². The number of thioether (sulfide) groups is 1. The van der Waals surface area contributed by atoms with Gasteiger partial charge in [0.2, 0.25) is 17.7 Å². The van der Waals surface area contributed by atoms with Gasteiger partial charge in [-0.05, 0) is 42.7 Å². The highest BCUT2D eigenvalue weighted by Gasteiger charge is 2.37. The summed E-state index contributed by atoms with van der Waals surface area (Å²) in [6, 6.07) is 4.86. The first-order valence-electron chi connectivity index (χ1n) is 13.1. The van der Waals surface area contributed by atoms with Gasteiger partial charge in [0.05, 0.1) is 16.4 Å². The lowest BCUT2D eigenvalue weighted by Crippen LogP contribution is -2.58. The van der Waals surface area contributed by atoms with Crippen LogP contribution in [0.1, 0.15) is 81.5 Å². The second kappa shape index (κ2) is 13.7. The molecule has 2 rings (SSSR count). The van der Waals surface area contributed by atoms with Crippen LogP contribution < -0.4 is 16.0 Å². The zero-order valence-corrected chi connectivity index (χ0v) is 24.6. The molecule has 1 aliphatic heterocycles. The Labute approximate surface area is 234 Å². The number of nitrogens with zero attached hydrogens (tertiary/aromatic N) is 1. The average Bonchev–Trinajstić information content (AvgIpc) is 3.09. The maximum atomic E-state index is 13.3. The zero-order valence-electron chi connectivity index (χ0n) is 23.8. The van der Waals surface area contributed by atoms with Gasteiger partial charge in [0.15, 0.2) is 5.12 Å². The van der Waals surface area contributed by atoms with Crippen LogP contribution in [-0.2, 0) is 19.2 Å². The molecular weight excluding hydrogens is 520 g/mol. The highest BCUT2D eigenvalue weighted by atomic mass is 32.2. The topological polar surface area (TPSA) is 142 Å². The van der Waals surface area contributed by atoms with Gasteiger partial charge >= 0.3 is 0 Å². The molecule has 10 nitrogen and oxygen atoms in total. The standard InChI is InChI=1S/C28H40N4O6S/c1-16(2)15-20(23(34)31-22(25(36)29-7)28(4,5)6)30-24(35)21(39-17(3)33)13-10-14-32-26(37)18-11-8-9-12-19(18)27(32)38/h8-9,11-12,16,20-22H,10,13-15H2,1-7H3,(H,29,36)(H,30,35)(H,31,34)/t20-,21-,22+/m0/s1. The van der Waals surface area contributed by atoms with E-state index < -0.39 is 34.6 Å². The van der Waals surface area contributed by atoms with E-state index in [-0.39, 0.29) is 41.7 Å². The summed E-state index contributed by atoms with van der Waals surface area (Å²) in [5.41, 5.74) is 0.129. The van der Waals surface area contributed by atoms with Crippen LogP contribution in [0.15, 0.2) is 24.3 Å². The van der Waals surface area contributed by atoms with E-state index in [2.05, 4.69) is 16.0 Å². The molecule has 5 amide bonds. The summed E-state index contributed by atoms with van der Waals surface area (Å²) < 4.78 is 0. The van der Waals surface area contributed by atoms with Crippen LogP contribution in [-0.4, -0.2) is 70.5 Å². The van der Waals surface area contributed by atoms with Crippen molar-refractivity contribution < 1.29 is 28.8 Å². The van der Waals surface area contributed by atoms with Crippen molar-refractivity contribution in [2.24, 2.45) is 11.3 Å².